The Labute approximate surface area is 177 Å². The second kappa shape index (κ2) is 8.50. The molecule has 0 saturated heterocycles. The van der Waals surface area contributed by atoms with Gasteiger partial charge in [-0.3, -0.25) is 4.79 Å². The molecule has 1 saturated carbocycles. The number of benzene rings is 1. The molecule has 2 unspecified atom stereocenters. The number of ether oxygens (including phenoxy) is 2. The van der Waals surface area contributed by atoms with E-state index in [1.807, 2.05) is 61.9 Å². The average Bonchev–Trinajstić information content (AvgIpc) is 3.18. The predicted octanol–water partition coefficient (Wildman–Crippen LogP) is 3.85. The molecular formula is C23H31N3O4. The first-order chi connectivity index (χ1) is 14.2. The second-order valence-electron chi connectivity index (χ2n) is 9.09. The molecule has 1 N–H and O–H groups in total. The van der Waals surface area contributed by atoms with Crippen LogP contribution in [0.15, 0.2) is 42.9 Å². The maximum atomic E-state index is 12.7. The van der Waals surface area contributed by atoms with Gasteiger partial charge in [-0.1, -0.05) is 25.1 Å². The van der Waals surface area contributed by atoms with Crippen molar-refractivity contribution < 1.29 is 19.1 Å². The Kier molecular flexibility index (Phi) is 6.19. The van der Waals surface area contributed by atoms with Gasteiger partial charge in [0.25, 0.3) is 0 Å². The first kappa shape index (κ1) is 21.9. The summed E-state index contributed by atoms with van der Waals surface area (Å²) in [5.74, 6) is 0.0582. The lowest BCUT2D eigenvalue weighted by Crippen LogP contribution is -2.35. The molecule has 162 valence electrons. The fraction of sp³-hybridized carbons (Fsp3) is 0.522. The van der Waals surface area contributed by atoms with Crippen molar-refractivity contribution in [2.75, 3.05) is 13.7 Å². The number of aromatic nitrogens is 2. The van der Waals surface area contributed by atoms with E-state index in [4.69, 9.17) is 9.47 Å². The molecule has 3 rings (SSSR count). The van der Waals surface area contributed by atoms with E-state index in [0.717, 1.165) is 17.8 Å². The number of para-hydroxylation sites is 1. The number of carbonyl (C=O) groups excluding carboxylic acids is 2. The molecule has 0 spiro atoms. The minimum atomic E-state index is -0.713. The highest BCUT2D eigenvalue weighted by Crippen LogP contribution is 2.57. The first-order valence-electron chi connectivity index (χ1n) is 10.3. The van der Waals surface area contributed by atoms with Gasteiger partial charge in [0.15, 0.2) is 0 Å². The molecule has 1 aliphatic rings. The smallest absolute Gasteiger partial charge is 0.407 e. The topological polar surface area (TPSA) is 82.5 Å². The molecule has 2 aromatic rings. The van der Waals surface area contributed by atoms with E-state index in [9.17, 15) is 9.59 Å². The Hall–Kier alpha value is -2.83. The maximum absolute atomic E-state index is 12.7. The molecule has 7 heteroatoms. The summed E-state index contributed by atoms with van der Waals surface area (Å²) < 4.78 is 12.3. The van der Waals surface area contributed by atoms with Crippen molar-refractivity contribution >= 4 is 12.1 Å². The van der Waals surface area contributed by atoms with Gasteiger partial charge in [-0.25, -0.2) is 9.78 Å². The number of hydrogen-bond acceptors (Lipinski definition) is 5. The molecule has 1 aromatic carbocycles. The Morgan fingerprint density at radius 3 is 2.63 bits per heavy atom. The predicted molar refractivity (Wildman–Crippen MR) is 113 cm³/mol. The monoisotopic (exact) mass is 413 g/mol. The van der Waals surface area contributed by atoms with Crippen molar-refractivity contribution in [1.82, 2.24) is 14.9 Å². The average molecular weight is 414 g/mol. The maximum Gasteiger partial charge on any atom is 0.407 e. The van der Waals surface area contributed by atoms with E-state index in [-0.39, 0.29) is 17.8 Å². The van der Waals surface area contributed by atoms with Gasteiger partial charge in [0.05, 0.1) is 19.1 Å². The van der Waals surface area contributed by atoms with Crippen molar-refractivity contribution in [3.63, 3.8) is 0 Å². The van der Waals surface area contributed by atoms with Crippen LogP contribution < -0.4 is 5.32 Å². The van der Waals surface area contributed by atoms with Gasteiger partial charge >= 0.3 is 12.1 Å². The van der Waals surface area contributed by atoms with Crippen molar-refractivity contribution in [3.05, 3.63) is 48.5 Å². The lowest BCUT2D eigenvalue weighted by Gasteiger charge is -2.21. The van der Waals surface area contributed by atoms with E-state index in [1.165, 1.54) is 7.11 Å². The van der Waals surface area contributed by atoms with Crippen LogP contribution in [0, 0.1) is 11.8 Å². The van der Waals surface area contributed by atoms with E-state index in [1.54, 1.807) is 6.33 Å². The number of alkyl carbamates (subject to hydrolysis) is 1. The molecule has 7 nitrogen and oxygen atoms in total. The van der Waals surface area contributed by atoms with E-state index in [0.29, 0.717) is 13.0 Å². The highest BCUT2D eigenvalue weighted by molar-refractivity contribution is 5.86. The third-order valence-electron chi connectivity index (χ3n) is 5.43. The Balaban J connectivity index is 1.65. The van der Waals surface area contributed by atoms with Crippen LogP contribution in [0.3, 0.4) is 0 Å². The number of rotatable bonds is 7. The van der Waals surface area contributed by atoms with Crippen LogP contribution in [-0.4, -0.2) is 40.9 Å². The summed E-state index contributed by atoms with van der Waals surface area (Å²) in [6, 6.07) is 9.87. The molecule has 1 aliphatic carbocycles. The highest BCUT2D eigenvalue weighted by atomic mass is 16.6. The highest BCUT2D eigenvalue weighted by Gasteiger charge is 2.63. The van der Waals surface area contributed by atoms with Gasteiger partial charge in [-0.05, 0) is 57.6 Å². The lowest BCUT2D eigenvalue weighted by atomic mass is 9.94. The Morgan fingerprint density at radius 2 is 2.00 bits per heavy atom. The largest absolute Gasteiger partial charge is 0.468 e. The van der Waals surface area contributed by atoms with Gasteiger partial charge in [-0.2, -0.15) is 0 Å². The second-order valence-corrected chi connectivity index (χ2v) is 9.09. The molecule has 3 atom stereocenters. The molecule has 30 heavy (non-hydrogen) atoms. The summed E-state index contributed by atoms with van der Waals surface area (Å²) in [4.78, 5) is 29.1. The molecule has 1 heterocycles. The standard InChI is InChI=1S/C23H31N3O4/c1-16(13-24-21(28)30-22(2,3)4)11-17-12-23(17,20(27)29-5)19-14-26(15-25-19)18-9-7-6-8-10-18/h6-10,14-17H,11-13H2,1-5H3,(H,24,28)/t16?,17-,23?/m0/s1. The zero-order valence-electron chi connectivity index (χ0n) is 18.3. The lowest BCUT2D eigenvalue weighted by molar-refractivity contribution is -0.144. The zero-order valence-corrected chi connectivity index (χ0v) is 18.3. The van der Waals surface area contributed by atoms with Crippen LogP contribution in [0.1, 0.15) is 46.2 Å². The van der Waals surface area contributed by atoms with Crippen molar-refractivity contribution in [1.29, 1.82) is 0 Å². The van der Waals surface area contributed by atoms with E-state index >= 15 is 0 Å². The van der Waals surface area contributed by atoms with Crippen molar-refractivity contribution in [3.8, 4) is 5.69 Å². The van der Waals surface area contributed by atoms with Gasteiger partial charge in [0.1, 0.15) is 11.0 Å². The number of nitrogens with one attached hydrogen (secondary N) is 1. The normalized spacial score (nSPS) is 21.6. The molecule has 1 aromatic heterocycles. The number of methoxy groups -OCH3 is 1. The minimum Gasteiger partial charge on any atom is -0.468 e. The number of carbonyl (C=O) groups is 2. The van der Waals surface area contributed by atoms with Gasteiger partial charge in [0, 0.05) is 18.4 Å². The molecule has 0 bridgehead atoms. The summed E-state index contributed by atoms with van der Waals surface area (Å²) in [6.45, 7) is 8.04. The fourth-order valence-corrected chi connectivity index (χ4v) is 3.90. The summed E-state index contributed by atoms with van der Waals surface area (Å²) in [7, 11) is 1.42. The summed E-state index contributed by atoms with van der Waals surface area (Å²) >= 11 is 0. The van der Waals surface area contributed by atoms with Crippen LogP contribution in [-0.2, 0) is 19.7 Å². The number of amides is 1. The van der Waals surface area contributed by atoms with Crippen LogP contribution in [0.2, 0.25) is 0 Å². The van der Waals surface area contributed by atoms with Crippen LogP contribution in [0.4, 0.5) is 4.79 Å². The van der Waals surface area contributed by atoms with E-state index in [2.05, 4.69) is 17.2 Å². The van der Waals surface area contributed by atoms with Crippen LogP contribution in [0.5, 0.6) is 0 Å². The third kappa shape index (κ3) is 4.83. The quantitative estimate of drug-likeness (QED) is 0.697. The number of esters is 1. The number of hydrogen-bond donors (Lipinski definition) is 1. The summed E-state index contributed by atoms with van der Waals surface area (Å²) in [6.07, 6.45) is 4.70. The van der Waals surface area contributed by atoms with Gasteiger partial charge < -0.3 is 19.4 Å². The number of nitrogens with zero attached hydrogens (tertiary/aromatic N) is 2. The van der Waals surface area contributed by atoms with Crippen molar-refractivity contribution in [2.24, 2.45) is 11.8 Å². The minimum absolute atomic E-state index is 0.125. The van der Waals surface area contributed by atoms with Crippen molar-refractivity contribution in [2.45, 2.75) is 51.6 Å². The summed E-state index contributed by atoms with van der Waals surface area (Å²) in [5.41, 5.74) is 0.482. The molecule has 0 radical (unpaired) electrons. The van der Waals surface area contributed by atoms with Crippen LogP contribution >= 0.6 is 0 Å². The Bertz CT molecular complexity index is 887. The van der Waals surface area contributed by atoms with Crippen LogP contribution in [0.25, 0.3) is 5.69 Å². The van der Waals surface area contributed by atoms with Gasteiger partial charge in [-0.15, -0.1) is 0 Å². The molecule has 0 aliphatic heterocycles. The SMILES string of the molecule is COC(=O)C1(c2cn(-c3ccccc3)cn2)C[C@@H]1CC(C)CNC(=O)OC(C)(C)C. The third-order valence-corrected chi connectivity index (χ3v) is 5.43. The molecular weight excluding hydrogens is 382 g/mol. The Morgan fingerprint density at radius 1 is 1.30 bits per heavy atom. The molecule has 1 amide bonds. The summed E-state index contributed by atoms with van der Waals surface area (Å²) in [5, 5.41) is 2.81. The molecule has 1 fully saturated rings. The van der Waals surface area contributed by atoms with E-state index < -0.39 is 17.1 Å². The fourth-order valence-electron chi connectivity index (χ4n) is 3.90. The van der Waals surface area contributed by atoms with Gasteiger partial charge in [0.2, 0.25) is 0 Å². The first-order valence-corrected chi connectivity index (χ1v) is 10.3. The zero-order chi connectivity index (χ0) is 21.9. The number of imidazole rings is 1.